The first-order valence-corrected chi connectivity index (χ1v) is 20.8. The molecule has 1 unspecified atom stereocenters. The van der Waals surface area contributed by atoms with Gasteiger partial charge in [-0.25, -0.2) is 9.97 Å². The molecule has 10 rings (SSSR count). The highest BCUT2D eigenvalue weighted by molar-refractivity contribution is 8.01. The molecule has 7 aromatic carbocycles. The van der Waals surface area contributed by atoms with Crippen LogP contribution < -0.4 is 20.7 Å². The molecular weight excluding hydrogens is 673 g/mol. The topological polar surface area (TPSA) is 25.8 Å². The van der Waals surface area contributed by atoms with Crippen LogP contribution in [-0.4, -0.2) is 18.0 Å². The minimum absolute atomic E-state index is 0.725. The molecule has 0 radical (unpaired) electrons. The van der Waals surface area contributed by atoms with Crippen molar-refractivity contribution in [2.24, 2.45) is 0 Å². The molecule has 1 atom stereocenters. The average molecular weight is 703 g/mol. The van der Waals surface area contributed by atoms with Gasteiger partial charge in [0.2, 0.25) is 0 Å². The third kappa shape index (κ3) is 4.95. The van der Waals surface area contributed by atoms with Crippen LogP contribution in [0, 0.1) is 0 Å². The molecule has 2 aliphatic heterocycles. The molecule has 0 fully saturated rings. The lowest BCUT2D eigenvalue weighted by atomic mass is 10.0. The van der Waals surface area contributed by atoms with Crippen LogP contribution in [-0.2, 0) is 0 Å². The number of hydrogen-bond acceptors (Lipinski definition) is 4. The van der Waals surface area contributed by atoms with Crippen molar-refractivity contribution < 1.29 is 0 Å². The van der Waals surface area contributed by atoms with Gasteiger partial charge >= 0.3 is 0 Å². The third-order valence-corrected chi connectivity index (χ3v) is 18.0. The first-order chi connectivity index (χ1) is 25.3. The smallest absolute Gasteiger partial charge is 0.184 e. The second kappa shape index (κ2) is 12.4. The summed E-state index contributed by atoms with van der Waals surface area (Å²) < 4.78 is 0. The van der Waals surface area contributed by atoms with E-state index in [-0.39, 0.29) is 0 Å². The highest BCUT2D eigenvalue weighted by Gasteiger charge is 2.51. The maximum absolute atomic E-state index is 5.16. The molecule has 0 bridgehead atoms. The second-order valence-corrected chi connectivity index (χ2v) is 18.7. The Morgan fingerprint density at radius 3 is 1.65 bits per heavy atom. The van der Waals surface area contributed by atoms with E-state index in [2.05, 4.69) is 158 Å². The molecule has 0 amide bonds. The van der Waals surface area contributed by atoms with E-state index in [4.69, 9.17) is 9.97 Å². The van der Waals surface area contributed by atoms with E-state index >= 15 is 0 Å². The molecule has 0 spiro atoms. The Morgan fingerprint density at radius 2 is 0.941 bits per heavy atom. The number of aromatic nitrogens is 2. The summed E-state index contributed by atoms with van der Waals surface area (Å²) in [7, 11) is -2.65. The number of fused-ring (bicyclic) bond motifs is 4. The van der Waals surface area contributed by atoms with Crippen LogP contribution in [0.5, 0.6) is 0 Å². The van der Waals surface area contributed by atoms with Crippen molar-refractivity contribution in [3.05, 3.63) is 182 Å². The molecule has 5 heteroatoms. The fraction of sp³-hybridized carbons (Fsp3) is 0. The lowest BCUT2D eigenvalue weighted by molar-refractivity contribution is 1.18. The number of hydrogen-bond donors (Lipinski definition) is 0. The quantitative estimate of drug-likeness (QED) is 0.167. The predicted molar refractivity (Wildman–Crippen MR) is 216 cm³/mol. The van der Waals surface area contributed by atoms with Gasteiger partial charge in [0.05, 0.1) is 11.4 Å². The van der Waals surface area contributed by atoms with E-state index in [1.54, 1.807) is 0 Å². The van der Waals surface area contributed by atoms with Gasteiger partial charge in [0.15, 0.2) is 13.9 Å². The Morgan fingerprint density at radius 1 is 0.392 bits per heavy atom. The van der Waals surface area contributed by atoms with Crippen molar-refractivity contribution >= 4 is 52.3 Å². The van der Waals surface area contributed by atoms with Crippen LogP contribution in [0.2, 0.25) is 0 Å². The summed E-state index contributed by atoms with van der Waals surface area (Å²) in [4.78, 5) is 15.7. The zero-order valence-electron chi connectivity index (χ0n) is 27.5. The molecule has 240 valence electrons. The van der Waals surface area contributed by atoms with Crippen LogP contribution in [0.25, 0.3) is 45.0 Å². The maximum atomic E-state index is 5.16. The van der Waals surface area contributed by atoms with E-state index in [9.17, 15) is 0 Å². The van der Waals surface area contributed by atoms with Gasteiger partial charge in [-0.1, -0.05) is 175 Å². The van der Waals surface area contributed by atoms with Gasteiger partial charge < -0.3 is 0 Å². The molecule has 1 aromatic heterocycles. The summed E-state index contributed by atoms with van der Waals surface area (Å²) >= 11 is 3.86. The standard InChI is InChI=1S/C46H30N2S2Si/c1-4-15-31(16-5-1)37-30-38(48-46(47-37)32-17-6-2-7-18-32)34-20-14-19-33(29-34)36-27-28-41-45-44(36)50-40-24-11-13-26-43(40)51(45,35-21-8-3-9-22-35)42-25-12-10-23-39(42)49-41/h1-30H. The third-order valence-electron chi connectivity index (χ3n) is 10.0. The molecule has 0 saturated heterocycles. The summed E-state index contributed by atoms with van der Waals surface area (Å²) in [5.41, 5.74) is 7.43. The molecule has 51 heavy (non-hydrogen) atoms. The monoisotopic (exact) mass is 702 g/mol. The molecule has 0 aliphatic carbocycles. The van der Waals surface area contributed by atoms with Crippen molar-refractivity contribution in [2.45, 2.75) is 19.6 Å². The van der Waals surface area contributed by atoms with Gasteiger partial charge in [-0.15, -0.1) is 0 Å². The molecule has 2 aliphatic rings. The Kier molecular flexibility index (Phi) is 7.38. The Balaban J connectivity index is 1.19. The van der Waals surface area contributed by atoms with Crippen molar-refractivity contribution in [1.29, 1.82) is 0 Å². The van der Waals surface area contributed by atoms with Crippen molar-refractivity contribution in [2.75, 3.05) is 0 Å². The van der Waals surface area contributed by atoms with Gasteiger partial charge in [-0.05, 0) is 62.2 Å². The highest BCUT2D eigenvalue weighted by atomic mass is 32.2. The minimum atomic E-state index is -2.65. The van der Waals surface area contributed by atoms with E-state index < -0.39 is 8.07 Å². The maximum Gasteiger partial charge on any atom is 0.184 e. The molecule has 0 N–H and O–H groups in total. The Hall–Kier alpha value is -5.46. The van der Waals surface area contributed by atoms with E-state index in [1.165, 1.54) is 51.5 Å². The minimum Gasteiger partial charge on any atom is -0.228 e. The van der Waals surface area contributed by atoms with Gasteiger partial charge in [0, 0.05) is 36.3 Å². The summed E-state index contributed by atoms with van der Waals surface area (Å²) in [6.07, 6.45) is 0. The number of rotatable bonds is 5. The summed E-state index contributed by atoms with van der Waals surface area (Å²) in [5, 5.41) is 5.92. The van der Waals surface area contributed by atoms with Gasteiger partial charge in [-0.2, -0.15) is 0 Å². The Bertz CT molecular complexity index is 2520. The molecule has 2 nitrogen and oxygen atoms in total. The molecule has 3 heterocycles. The van der Waals surface area contributed by atoms with E-state index in [0.29, 0.717) is 0 Å². The summed E-state index contributed by atoms with van der Waals surface area (Å²) in [6, 6.07) is 66.1. The second-order valence-electron chi connectivity index (χ2n) is 12.9. The van der Waals surface area contributed by atoms with Crippen LogP contribution in [0.1, 0.15) is 0 Å². The largest absolute Gasteiger partial charge is 0.228 e. The lowest BCUT2D eigenvalue weighted by Gasteiger charge is -2.44. The first-order valence-electron chi connectivity index (χ1n) is 17.2. The zero-order valence-corrected chi connectivity index (χ0v) is 30.2. The molecular formula is C46H30N2S2Si. The normalized spacial score (nSPS) is 15.4. The van der Waals surface area contributed by atoms with Crippen molar-refractivity contribution in [3.63, 3.8) is 0 Å². The number of nitrogens with zero attached hydrogens (tertiary/aromatic N) is 2. The Labute approximate surface area is 307 Å². The first kappa shape index (κ1) is 30.4. The fourth-order valence-electron chi connectivity index (χ4n) is 7.77. The van der Waals surface area contributed by atoms with Crippen LogP contribution in [0.4, 0.5) is 0 Å². The van der Waals surface area contributed by atoms with Crippen LogP contribution in [0.3, 0.4) is 0 Å². The molecule has 0 saturated carbocycles. The predicted octanol–water partition coefficient (Wildman–Crippen LogP) is 9.45. The van der Waals surface area contributed by atoms with E-state index in [0.717, 1.165) is 33.9 Å². The number of benzene rings is 7. The highest BCUT2D eigenvalue weighted by Crippen LogP contribution is 2.46. The zero-order chi connectivity index (χ0) is 33.8. The van der Waals surface area contributed by atoms with Crippen LogP contribution in [0.15, 0.2) is 202 Å². The van der Waals surface area contributed by atoms with Gasteiger partial charge in [-0.3, -0.25) is 0 Å². The summed E-state index contributed by atoms with van der Waals surface area (Å²) in [5.74, 6) is 0.725. The van der Waals surface area contributed by atoms with Gasteiger partial charge in [0.25, 0.3) is 0 Å². The van der Waals surface area contributed by atoms with Crippen molar-refractivity contribution in [1.82, 2.24) is 9.97 Å². The molecule has 8 aromatic rings. The fourth-order valence-corrected chi connectivity index (χ4v) is 17.2. The van der Waals surface area contributed by atoms with Gasteiger partial charge in [0.1, 0.15) is 0 Å². The average Bonchev–Trinajstić information content (AvgIpc) is 3.21. The van der Waals surface area contributed by atoms with Crippen LogP contribution >= 0.6 is 23.5 Å². The summed E-state index contributed by atoms with van der Waals surface area (Å²) in [6.45, 7) is 0. The van der Waals surface area contributed by atoms with Crippen molar-refractivity contribution in [3.8, 4) is 45.0 Å². The van der Waals surface area contributed by atoms with E-state index in [1.807, 2.05) is 47.8 Å². The SMILES string of the molecule is c1ccc(-c2cc(-c3cccc(-c4ccc5c6c4Sc4ccccc4[Si]6(c4ccccc4)c4ccccc4S5)c3)nc(-c3ccccc3)n2)cc1. The lowest BCUT2D eigenvalue weighted by Crippen LogP contribution is -2.78.